The summed E-state index contributed by atoms with van der Waals surface area (Å²) in [6.45, 7) is 0. The largest absolute Gasteiger partial charge is 0.309 e. The van der Waals surface area contributed by atoms with Gasteiger partial charge < -0.3 is 9.13 Å². The third-order valence-corrected chi connectivity index (χ3v) is 11.9. The van der Waals surface area contributed by atoms with Crippen molar-refractivity contribution in [3.05, 3.63) is 205 Å². The summed E-state index contributed by atoms with van der Waals surface area (Å²) in [6.07, 6.45) is 0.990. The third-order valence-electron chi connectivity index (χ3n) is 11.9. The summed E-state index contributed by atoms with van der Waals surface area (Å²) >= 11 is 0. The third kappa shape index (κ3) is 4.43. The highest BCUT2D eigenvalue weighted by atomic mass is 15.0. The molecule has 9 aromatic carbocycles. The number of hydrogen-bond donors (Lipinski definition) is 0. The maximum atomic E-state index is 2.47. The lowest BCUT2D eigenvalue weighted by Gasteiger charge is -2.17. The molecule has 0 amide bonds. The molecule has 256 valence electrons. The molecule has 2 aromatic heterocycles. The maximum absolute atomic E-state index is 2.47. The van der Waals surface area contributed by atoms with E-state index in [9.17, 15) is 0 Å². The molecule has 0 saturated heterocycles. The van der Waals surface area contributed by atoms with Gasteiger partial charge in [0.2, 0.25) is 0 Å². The average Bonchev–Trinajstić information content (AvgIpc) is 3.91. The van der Waals surface area contributed by atoms with Gasteiger partial charge in [-0.15, -0.1) is 0 Å². The number of fused-ring (bicyclic) bond motifs is 10. The van der Waals surface area contributed by atoms with Gasteiger partial charge in [0.15, 0.2) is 0 Å². The van der Waals surface area contributed by atoms with Crippen molar-refractivity contribution in [2.45, 2.75) is 6.42 Å². The van der Waals surface area contributed by atoms with Crippen molar-refractivity contribution >= 4 is 54.4 Å². The number of aromatic nitrogens is 2. The molecule has 1 aliphatic carbocycles. The molecule has 0 unspecified atom stereocenters. The van der Waals surface area contributed by atoms with Crippen molar-refractivity contribution < 1.29 is 0 Å². The molecule has 0 radical (unpaired) electrons. The van der Waals surface area contributed by atoms with E-state index in [0.717, 1.165) is 6.42 Å². The predicted molar refractivity (Wildman–Crippen MR) is 232 cm³/mol. The fourth-order valence-corrected chi connectivity index (χ4v) is 9.55. The molecule has 0 fully saturated rings. The van der Waals surface area contributed by atoms with E-state index in [1.165, 1.54) is 110 Å². The van der Waals surface area contributed by atoms with Gasteiger partial charge in [-0.25, -0.2) is 0 Å². The zero-order valence-electron chi connectivity index (χ0n) is 30.1. The van der Waals surface area contributed by atoms with Crippen molar-refractivity contribution in [3.63, 3.8) is 0 Å². The fraction of sp³-hybridized carbons (Fsp3) is 0.0189. The van der Waals surface area contributed by atoms with Gasteiger partial charge in [0.05, 0.1) is 27.8 Å². The molecule has 2 heteroatoms. The smallest absolute Gasteiger partial charge is 0.0541 e. The number of hydrogen-bond acceptors (Lipinski definition) is 0. The molecule has 55 heavy (non-hydrogen) atoms. The van der Waals surface area contributed by atoms with Crippen LogP contribution in [0.3, 0.4) is 0 Å². The second-order valence-corrected chi connectivity index (χ2v) is 14.9. The number of benzene rings is 9. The van der Waals surface area contributed by atoms with E-state index in [-0.39, 0.29) is 0 Å². The van der Waals surface area contributed by atoms with Gasteiger partial charge in [0.25, 0.3) is 0 Å². The molecule has 0 bridgehead atoms. The zero-order valence-corrected chi connectivity index (χ0v) is 30.1. The Bertz CT molecular complexity index is 3340. The number of nitrogens with zero attached hydrogens (tertiary/aromatic N) is 2. The Morgan fingerprint density at radius 1 is 0.309 bits per heavy atom. The quantitative estimate of drug-likeness (QED) is 0.173. The Morgan fingerprint density at radius 3 is 1.60 bits per heavy atom. The van der Waals surface area contributed by atoms with E-state index in [2.05, 4.69) is 203 Å². The van der Waals surface area contributed by atoms with E-state index < -0.39 is 0 Å². The van der Waals surface area contributed by atoms with Crippen LogP contribution in [-0.4, -0.2) is 9.13 Å². The summed E-state index contributed by atoms with van der Waals surface area (Å²) in [5, 5.41) is 7.55. The lowest BCUT2D eigenvalue weighted by molar-refractivity contribution is 1.18. The van der Waals surface area contributed by atoms with Crippen LogP contribution in [0, 0.1) is 0 Å². The summed E-state index contributed by atoms with van der Waals surface area (Å²) < 4.78 is 4.85. The van der Waals surface area contributed by atoms with Gasteiger partial charge in [-0.05, 0) is 111 Å². The molecule has 2 nitrogen and oxygen atoms in total. The lowest BCUT2D eigenvalue weighted by Crippen LogP contribution is -1.97. The molecule has 1 aliphatic rings. The fourth-order valence-electron chi connectivity index (χ4n) is 9.55. The number of rotatable bonds is 4. The van der Waals surface area contributed by atoms with Crippen molar-refractivity contribution in [1.82, 2.24) is 9.13 Å². The highest BCUT2D eigenvalue weighted by Crippen LogP contribution is 2.46. The molecule has 12 rings (SSSR count). The zero-order chi connectivity index (χ0) is 36.0. The Kier molecular flexibility index (Phi) is 6.43. The monoisotopic (exact) mass is 698 g/mol. The first-order valence-electron chi connectivity index (χ1n) is 19.1. The van der Waals surface area contributed by atoms with Crippen molar-refractivity contribution in [3.8, 4) is 44.8 Å². The summed E-state index contributed by atoms with van der Waals surface area (Å²) in [7, 11) is 0. The van der Waals surface area contributed by atoms with Crippen LogP contribution < -0.4 is 0 Å². The molecule has 0 atom stereocenters. The minimum Gasteiger partial charge on any atom is -0.309 e. The Hall–Kier alpha value is -7.16. The van der Waals surface area contributed by atoms with Crippen LogP contribution in [0.15, 0.2) is 194 Å². The highest BCUT2D eigenvalue weighted by molar-refractivity contribution is 6.14. The Labute approximate surface area is 318 Å². The molecule has 0 aliphatic heterocycles. The lowest BCUT2D eigenvalue weighted by atomic mass is 9.90. The molecule has 0 saturated carbocycles. The van der Waals surface area contributed by atoms with Crippen molar-refractivity contribution in [1.29, 1.82) is 0 Å². The summed E-state index contributed by atoms with van der Waals surface area (Å²) in [6, 6.07) is 71.6. The van der Waals surface area contributed by atoms with Gasteiger partial charge in [0.1, 0.15) is 0 Å². The van der Waals surface area contributed by atoms with Gasteiger partial charge >= 0.3 is 0 Å². The SMILES string of the molecule is c1ccc(-n2c3ccccc3c3cc(-c4ccc5c(c4)c4ccccc4n5-c4ccc(-c5cccc6c5-c5ccccc5C6)c5ccccc45)ccc32)cc1. The van der Waals surface area contributed by atoms with Crippen LogP contribution in [0.25, 0.3) is 99.1 Å². The predicted octanol–water partition coefficient (Wildman–Crippen LogP) is 13.9. The second kappa shape index (κ2) is 11.7. The number of para-hydroxylation sites is 3. The van der Waals surface area contributed by atoms with Crippen LogP contribution in [0.4, 0.5) is 0 Å². The minimum atomic E-state index is 0.990. The standard InChI is InChI=1S/C53H34N2/c1-2-15-38(16-3-1)54-48-23-10-8-20-43(48)46-32-34(25-28-51(46)54)35-26-29-52-47(33-35)44-21-9-11-24-49(44)55(52)50-30-27-41(40-18-6-7-19-42(40)50)45-22-12-14-37-31-36-13-4-5-17-39(36)53(37)45/h1-30,32-33H,31H2. The van der Waals surface area contributed by atoms with Gasteiger partial charge in [-0.3, -0.25) is 0 Å². The summed E-state index contributed by atoms with van der Waals surface area (Å²) in [4.78, 5) is 0. The molecule has 0 N–H and O–H groups in total. The maximum Gasteiger partial charge on any atom is 0.0541 e. The van der Waals surface area contributed by atoms with E-state index in [1.54, 1.807) is 0 Å². The molecule has 11 aromatic rings. The first-order valence-corrected chi connectivity index (χ1v) is 19.1. The van der Waals surface area contributed by atoms with Crippen LogP contribution in [0.5, 0.6) is 0 Å². The Morgan fingerprint density at radius 2 is 0.855 bits per heavy atom. The van der Waals surface area contributed by atoms with Crippen LogP contribution >= 0.6 is 0 Å². The van der Waals surface area contributed by atoms with E-state index in [0.29, 0.717) is 0 Å². The first kappa shape index (κ1) is 30.3. The second-order valence-electron chi connectivity index (χ2n) is 14.9. The van der Waals surface area contributed by atoms with Crippen LogP contribution in [0.1, 0.15) is 11.1 Å². The topological polar surface area (TPSA) is 9.86 Å². The van der Waals surface area contributed by atoms with Gasteiger partial charge in [-0.1, -0.05) is 140 Å². The minimum absolute atomic E-state index is 0.990. The van der Waals surface area contributed by atoms with E-state index >= 15 is 0 Å². The molecule has 2 heterocycles. The average molecular weight is 699 g/mol. The first-order chi connectivity index (χ1) is 27.3. The van der Waals surface area contributed by atoms with Gasteiger partial charge in [0, 0.05) is 32.6 Å². The Balaban J connectivity index is 1.04. The highest BCUT2D eigenvalue weighted by Gasteiger charge is 2.23. The molecular weight excluding hydrogens is 665 g/mol. The molecular formula is C53H34N2. The van der Waals surface area contributed by atoms with Crippen molar-refractivity contribution in [2.24, 2.45) is 0 Å². The van der Waals surface area contributed by atoms with Crippen LogP contribution in [0.2, 0.25) is 0 Å². The van der Waals surface area contributed by atoms with Crippen LogP contribution in [-0.2, 0) is 6.42 Å². The van der Waals surface area contributed by atoms with E-state index in [1.807, 2.05) is 0 Å². The van der Waals surface area contributed by atoms with Crippen molar-refractivity contribution in [2.75, 3.05) is 0 Å². The summed E-state index contributed by atoms with van der Waals surface area (Å²) in [5.74, 6) is 0. The molecule has 0 spiro atoms. The normalized spacial score (nSPS) is 12.3. The summed E-state index contributed by atoms with van der Waals surface area (Å²) in [5.41, 5.74) is 17.8. The van der Waals surface area contributed by atoms with E-state index in [4.69, 9.17) is 0 Å². The van der Waals surface area contributed by atoms with Gasteiger partial charge in [-0.2, -0.15) is 0 Å².